The zero-order chi connectivity index (χ0) is 22.2. The van der Waals surface area contributed by atoms with Crippen molar-refractivity contribution in [1.29, 1.82) is 0 Å². The maximum absolute atomic E-state index is 12.8. The molecule has 2 aromatic carbocycles. The van der Waals surface area contributed by atoms with E-state index in [2.05, 4.69) is 20.7 Å². The molecule has 0 unspecified atom stereocenters. The summed E-state index contributed by atoms with van der Waals surface area (Å²) in [5, 5.41) is 20.2. The molecule has 0 fully saturated rings. The minimum atomic E-state index is -4.52. The van der Waals surface area contributed by atoms with Gasteiger partial charge in [0, 0.05) is 29.9 Å². The molecule has 2 amide bonds. The third-order valence-electron chi connectivity index (χ3n) is 4.68. The molecule has 0 radical (unpaired) electrons. The van der Waals surface area contributed by atoms with E-state index in [9.17, 15) is 23.1 Å². The lowest BCUT2D eigenvalue weighted by Gasteiger charge is -2.12. The number of alkyl halides is 3. The first-order chi connectivity index (χ1) is 14.7. The van der Waals surface area contributed by atoms with Crippen molar-refractivity contribution in [2.75, 3.05) is 10.6 Å². The molecule has 0 aliphatic rings. The van der Waals surface area contributed by atoms with Gasteiger partial charge in [-0.1, -0.05) is 12.1 Å². The molecule has 158 valence electrons. The summed E-state index contributed by atoms with van der Waals surface area (Å²) in [4.78, 5) is 16.4. The first-order valence-electron chi connectivity index (χ1n) is 9.07. The highest BCUT2D eigenvalue weighted by Gasteiger charge is 2.30. The molecule has 4 aromatic rings. The molecule has 3 N–H and O–H groups in total. The van der Waals surface area contributed by atoms with Gasteiger partial charge in [-0.2, -0.15) is 18.3 Å². The number of aromatic hydroxyl groups is 1. The van der Waals surface area contributed by atoms with E-state index in [0.29, 0.717) is 5.56 Å². The quantitative estimate of drug-likeness (QED) is 0.401. The Hall–Kier alpha value is -4.08. The number of carbonyl (C=O) groups excluding carboxylic acids is 1. The van der Waals surface area contributed by atoms with Crippen molar-refractivity contribution in [1.82, 2.24) is 14.8 Å². The van der Waals surface area contributed by atoms with Gasteiger partial charge in [-0.25, -0.2) is 4.79 Å². The summed E-state index contributed by atoms with van der Waals surface area (Å²) < 4.78 is 40.1. The Balaban J connectivity index is 1.53. The molecule has 7 nitrogen and oxygen atoms in total. The van der Waals surface area contributed by atoms with Crippen molar-refractivity contribution in [3.63, 3.8) is 0 Å². The van der Waals surface area contributed by atoms with Crippen LogP contribution in [0.25, 0.3) is 22.0 Å². The molecular weight excluding hydrogens is 411 g/mol. The third kappa shape index (κ3) is 4.13. The first kappa shape index (κ1) is 20.2. The lowest BCUT2D eigenvalue weighted by Crippen LogP contribution is -2.19. The number of fused-ring (bicyclic) bond motifs is 1. The fraction of sp³-hybridized carbons (Fsp3) is 0.0952. The summed E-state index contributed by atoms with van der Waals surface area (Å²) in [5.74, 6) is -0.211. The maximum atomic E-state index is 12.8. The number of nitrogens with one attached hydrogen (secondary N) is 2. The van der Waals surface area contributed by atoms with Gasteiger partial charge in [0.05, 0.1) is 29.2 Å². The highest BCUT2D eigenvalue weighted by molar-refractivity contribution is 6.01. The van der Waals surface area contributed by atoms with Gasteiger partial charge in [-0.15, -0.1) is 0 Å². The number of phenolic OH excluding ortho intramolecular Hbond substituents is 1. The van der Waals surface area contributed by atoms with E-state index in [-0.39, 0.29) is 17.1 Å². The first-order valence-corrected chi connectivity index (χ1v) is 9.07. The number of hydrogen-bond acceptors (Lipinski definition) is 4. The summed E-state index contributed by atoms with van der Waals surface area (Å²) in [7, 11) is 1.79. The fourth-order valence-electron chi connectivity index (χ4n) is 3.15. The van der Waals surface area contributed by atoms with Crippen molar-refractivity contribution in [3.05, 3.63) is 66.6 Å². The summed E-state index contributed by atoms with van der Waals surface area (Å²) in [6.07, 6.45) is 0.498. The van der Waals surface area contributed by atoms with E-state index < -0.39 is 17.8 Å². The number of anilines is 2. The number of phenols is 1. The molecule has 0 aliphatic carbocycles. The number of halogens is 3. The van der Waals surface area contributed by atoms with Crippen LogP contribution in [0.3, 0.4) is 0 Å². The normalized spacial score (nSPS) is 11.5. The Labute approximate surface area is 174 Å². The van der Waals surface area contributed by atoms with Crippen molar-refractivity contribution in [2.45, 2.75) is 6.18 Å². The van der Waals surface area contributed by atoms with E-state index >= 15 is 0 Å². The number of urea groups is 1. The van der Waals surface area contributed by atoms with E-state index in [1.54, 1.807) is 36.4 Å². The van der Waals surface area contributed by atoms with E-state index in [1.165, 1.54) is 24.3 Å². The third-order valence-corrected chi connectivity index (χ3v) is 4.68. The number of hydrogen-bond donors (Lipinski definition) is 3. The number of nitrogens with zero attached hydrogens (tertiary/aromatic N) is 3. The minimum absolute atomic E-state index is 0.0298. The minimum Gasteiger partial charge on any atom is -0.506 e. The van der Waals surface area contributed by atoms with E-state index in [0.717, 1.165) is 28.6 Å². The molecule has 0 saturated heterocycles. The summed E-state index contributed by atoms with van der Waals surface area (Å²) in [6.45, 7) is 0. The van der Waals surface area contributed by atoms with Gasteiger partial charge in [-0.3, -0.25) is 9.67 Å². The fourth-order valence-corrected chi connectivity index (χ4v) is 3.15. The lowest BCUT2D eigenvalue weighted by atomic mass is 10.0. The zero-order valence-electron chi connectivity index (χ0n) is 16.1. The van der Waals surface area contributed by atoms with Gasteiger partial charge in [0.2, 0.25) is 0 Å². The molecule has 0 aliphatic heterocycles. The summed E-state index contributed by atoms with van der Waals surface area (Å²) in [6, 6.07) is 8.10. The van der Waals surface area contributed by atoms with Crippen molar-refractivity contribution in [3.8, 4) is 16.9 Å². The number of aromatic nitrogens is 3. The van der Waals surface area contributed by atoms with E-state index in [1.807, 2.05) is 0 Å². The van der Waals surface area contributed by atoms with Crippen LogP contribution in [0.15, 0.2) is 61.1 Å². The lowest BCUT2D eigenvalue weighted by molar-refractivity contribution is -0.137. The van der Waals surface area contributed by atoms with Gasteiger partial charge in [-0.05, 0) is 35.9 Å². The second-order valence-electron chi connectivity index (χ2n) is 6.78. The standard InChI is InChI=1S/C21H16F3N5O2/c1-29-18-11-25-9-15(16(18)10-26-29)12-5-6-17(19(30)7-12)28-20(31)27-14-4-2-3-13(8-14)21(22,23)24/h2-11,30H,1H3,(H2,27,28,31). The molecule has 2 heterocycles. The topological polar surface area (TPSA) is 92.1 Å². The van der Waals surface area contributed by atoms with Crippen molar-refractivity contribution in [2.24, 2.45) is 7.05 Å². The average molecular weight is 427 g/mol. The molecule has 4 rings (SSSR count). The monoisotopic (exact) mass is 427 g/mol. The number of rotatable bonds is 3. The van der Waals surface area contributed by atoms with Gasteiger partial charge < -0.3 is 15.7 Å². The Kier molecular flexibility index (Phi) is 4.97. The predicted molar refractivity (Wildman–Crippen MR) is 110 cm³/mol. The number of benzene rings is 2. The summed E-state index contributed by atoms with van der Waals surface area (Å²) in [5.41, 5.74) is 1.42. The van der Waals surface area contributed by atoms with Gasteiger partial charge in [0.1, 0.15) is 5.75 Å². The maximum Gasteiger partial charge on any atom is 0.416 e. The van der Waals surface area contributed by atoms with Crippen LogP contribution in [0, 0.1) is 0 Å². The van der Waals surface area contributed by atoms with Crippen LogP contribution >= 0.6 is 0 Å². The smallest absolute Gasteiger partial charge is 0.416 e. The Morgan fingerprint density at radius 3 is 2.61 bits per heavy atom. The van der Waals surface area contributed by atoms with Crippen LogP contribution in [0.1, 0.15) is 5.56 Å². The number of amides is 2. The van der Waals surface area contributed by atoms with Crippen LogP contribution in [0.2, 0.25) is 0 Å². The van der Waals surface area contributed by atoms with Crippen molar-refractivity contribution >= 4 is 28.3 Å². The molecule has 10 heteroatoms. The number of carbonyl (C=O) groups is 1. The Morgan fingerprint density at radius 1 is 1.06 bits per heavy atom. The van der Waals surface area contributed by atoms with Gasteiger partial charge >= 0.3 is 12.2 Å². The van der Waals surface area contributed by atoms with Crippen molar-refractivity contribution < 1.29 is 23.1 Å². The predicted octanol–water partition coefficient (Wildman–Crippen LogP) is 5.00. The van der Waals surface area contributed by atoms with Crippen LogP contribution in [0.4, 0.5) is 29.3 Å². The molecule has 31 heavy (non-hydrogen) atoms. The van der Waals surface area contributed by atoms with Crippen LogP contribution < -0.4 is 10.6 Å². The second kappa shape index (κ2) is 7.63. The molecule has 0 atom stereocenters. The molecule has 2 aromatic heterocycles. The van der Waals surface area contributed by atoms with Crippen LogP contribution in [-0.4, -0.2) is 25.9 Å². The van der Waals surface area contributed by atoms with Gasteiger partial charge in [0.15, 0.2) is 0 Å². The molecule has 0 saturated carbocycles. The molecule has 0 spiro atoms. The number of pyridine rings is 1. The van der Waals surface area contributed by atoms with E-state index in [4.69, 9.17) is 0 Å². The largest absolute Gasteiger partial charge is 0.506 e. The SMILES string of the molecule is Cn1ncc2c(-c3ccc(NC(=O)Nc4cccc(C(F)(F)F)c4)c(O)c3)cncc21. The van der Waals surface area contributed by atoms with Gasteiger partial charge in [0.25, 0.3) is 0 Å². The van der Waals surface area contributed by atoms with Crippen LogP contribution in [0.5, 0.6) is 5.75 Å². The highest BCUT2D eigenvalue weighted by Crippen LogP contribution is 2.34. The zero-order valence-corrected chi connectivity index (χ0v) is 16.1. The number of aryl methyl sites for hydroxylation is 1. The Morgan fingerprint density at radius 2 is 1.87 bits per heavy atom. The molecular formula is C21H16F3N5O2. The summed E-state index contributed by atoms with van der Waals surface area (Å²) >= 11 is 0. The second-order valence-corrected chi connectivity index (χ2v) is 6.78. The average Bonchev–Trinajstić information content (AvgIpc) is 3.10. The highest BCUT2D eigenvalue weighted by atomic mass is 19.4. The molecule has 0 bridgehead atoms. The van der Waals surface area contributed by atoms with Crippen LogP contribution in [-0.2, 0) is 13.2 Å². The Bertz CT molecular complexity index is 1280.